The van der Waals surface area contributed by atoms with E-state index < -0.39 is 17.4 Å². The highest BCUT2D eigenvalue weighted by atomic mass is 32.1. The van der Waals surface area contributed by atoms with Crippen LogP contribution in [0.1, 0.15) is 5.56 Å². The normalized spacial score (nSPS) is 15.1. The molecule has 0 spiro atoms. The number of thiocarbonyl (C=S) groups is 1. The maximum absolute atomic E-state index is 11.6. The lowest BCUT2D eigenvalue weighted by Crippen LogP contribution is -2.51. The van der Waals surface area contributed by atoms with Crippen LogP contribution >= 0.6 is 24.4 Å². The van der Waals surface area contributed by atoms with E-state index in [-0.39, 0.29) is 26.9 Å². The zero-order valence-corrected chi connectivity index (χ0v) is 13.0. The van der Waals surface area contributed by atoms with E-state index >= 15 is 0 Å². The highest BCUT2D eigenvalue weighted by molar-refractivity contribution is 7.80. The minimum atomic E-state index is -0.600. The first-order chi connectivity index (χ1) is 10.9. The number of aromatic hydroxyl groups is 1. The van der Waals surface area contributed by atoms with Crippen LogP contribution in [0.3, 0.4) is 0 Å². The van der Waals surface area contributed by atoms with Gasteiger partial charge in [0.15, 0.2) is 9.88 Å². The van der Waals surface area contributed by atoms with Crippen LogP contribution in [0.4, 0.5) is 0 Å². The molecule has 2 heterocycles. The topological polar surface area (TPSA) is 127 Å². The molecule has 1 aliphatic rings. The minimum absolute atomic E-state index is 0.00518. The van der Waals surface area contributed by atoms with Crippen molar-refractivity contribution in [3.05, 3.63) is 50.6 Å². The molecule has 0 atom stereocenters. The molecule has 0 aliphatic carbocycles. The van der Waals surface area contributed by atoms with Crippen molar-refractivity contribution >= 4 is 47.4 Å². The summed E-state index contributed by atoms with van der Waals surface area (Å²) < 4.78 is 0.0113. The van der Waals surface area contributed by atoms with Gasteiger partial charge in [-0.25, -0.2) is 0 Å². The fraction of sp³-hybridized carbons (Fsp3) is 0. The number of rotatable bonds is 3. The van der Waals surface area contributed by atoms with Gasteiger partial charge in [-0.15, -0.1) is 0 Å². The number of carbonyl (C=O) groups is 2. The summed E-state index contributed by atoms with van der Waals surface area (Å²) in [5.74, 6) is -1.56. The van der Waals surface area contributed by atoms with Gasteiger partial charge >= 0.3 is 0 Å². The first kappa shape index (κ1) is 16.5. The number of H-pyrrole nitrogens is 2. The lowest BCUT2D eigenvalue weighted by molar-refractivity contribution is -0.123. The fourth-order valence-electron chi connectivity index (χ4n) is 1.63. The Morgan fingerprint density at radius 3 is 2.17 bits per heavy atom. The molecule has 1 aromatic heterocycles. The molecule has 0 saturated carbocycles. The summed E-state index contributed by atoms with van der Waals surface area (Å²) in [7, 11) is 0. The first-order valence-electron chi connectivity index (χ1n) is 6.15. The van der Waals surface area contributed by atoms with Crippen molar-refractivity contribution in [2.45, 2.75) is 0 Å². The van der Waals surface area contributed by atoms with Crippen molar-refractivity contribution in [2.24, 2.45) is 0 Å². The van der Waals surface area contributed by atoms with Gasteiger partial charge in [-0.2, -0.15) is 0 Å². The van der Waals surface area contributed by atoms with Crippen molar-refractivity contribution in [3.63, 3.8) is 0 Å². The third-order valence-corrected chi connectivity index (χ3v) is 3.06. The van der Waals surface area contributed by atoms with Crippen LogP contribution in [-0.2, 0) is 9.59 Å². The summed E-state index contributed by atoms with van der Waals surface area (Å²) in [5, 5.41) is 14.1. The molecule has 1 saturated heterocycles. The summed E-state index contributed by atoms with van der Waals surface area (Å²) in [4.78, 5) is 39.4. The van der Waals surface area contributed by atoms with Gasteiger partial charge in [-0.1, -0.05) is 18.2 Å². The molecule has 0 bridgehead atoms. The molecule has 1 fully saturated rings. The number of nitrogens with one attached hydrogen (secondary N) is 4. The summed E-state index contributed by atoms with van der Waals surface area (Å²) in [6.45, 7) is 0. The van der Waals surface area contributed by atoms with Crippen LogP contribution in [0.5, 0.6) is 5.88 Å². The van der Waals surface area contributed by atoms with Gasteiger partial charge in [0.1, 0.15) is 5.57 Å². The van der Waals surface area contributed by atoms with Crippen LogP contribution in [0, 0.1) is 4.77 Å². The first-order valence-corrected chi connectivity index (χ1v) is 6.97. The van der Waals surface area contributed by atoms with Crippen molar-refractivity contribution in [3.8, 4) is 5.88 Å². The molecular weight excluding hydrogens is 340 g/mol. The van der Waals surface area contributed by atoms with Gasteiger partial charge in [-0.05, 0) is 36.6 Å². The Balaban J connectivity index is 2.13. The average Bonchev–Trinajstić information content (AvgIpc) is 2.42. The van der Waals surface area contributed by atoms with E-state index in [2.05, 4.69) is 32.8 Å². The quantitative estimate of drug-likeness (QED) is 0.229. The van der Waals surface area contributed by atoms with E-state index in [4.69, 9.17) is 12.2 Å². The molecule has 23 heavy (non-hydrogen) atoms. The largest absolute Gasteiger partial charge is 0.494 e. The maximum Gasteiger partial charge on any atom is 0.263 e. The summed E-state index contributed by atoms with van der Waals surface area (Å²) in [5.41, 5.74) is -0.657. The number of hydrogen-bond acceptors (Lipinski definition) is 6. The molecule has 2 rings (SSSR count). The number of allylic oxidation sites excluding steroid dienone is 4. The Morgan fingerprint density at radius 1 is 0.913 bits per heavy atom. The van der Waals surface area contributed by atoms with Gasteiger partial charge in [0.25, 0.3) is 17.4 Å². The molecule has 5 N–H and O–H groups in total. The van der Waals surface area contributed by atoms with E-state index in [9.17, 15) is 19.5 Å². The molecule has 118 valence electrons. The molecule has 0 aromatic carbocycles. The molecule has 0 radical (unpaired) electrons. The van der Waals surface area contributed by atoms with Crippen molar-refractivity contribution in [2.75, 3.05) is 0 Å². The van der Waals surface area contributed by atoms with Crippen LogP contribution in [0.2, 0.25) is 0 Å². The second kappa shape index (κ2) is 6.94. The van der Waals surface area contributed by atoms with Crippen molar-refractivity contribution in [1.29, 1.82) is 0 Å². The van der Waals surface area contributed by atoms with E-state index in [1.807, 2.05) is 0 Å². The highest BCUT2D eigenvalue weighted by Crippen LogP contribution is 2.09. The van der Waals surface area contributed by atoms with Gasteiger partial charge in [-0.3, -0.25) is 30.0 Å². The SMILES string of the molecule is O=C1NC(=S)NC(=O)C1=CC=CC=Cc1c(O)[nH]c(=S)[nH]c1=O. The lowest BCUT2D eigenvalue weighted by atomic mass is 10.2. The second-order valence-corrected chi connectivity index (χ2v) is 5.05. The smallest absolute Gasteiger partial charge is 0.263 e. The predicted molar refractivity (Wildman–Crippen MR) is 89.1 cm³/mol. The Labute approximate surface area is 139 Å². The summed E-state index contributed by atoms with van der Waals surface area (Å²) in [6.07, 6.45) is 6.97. The lowest BCUT2D eigenvalue weighted by Gasteiger charge is -2.15. The van der Waals surface area contributed by atoms with Crippen LogP contribution < -0.4 is 16.2 Å². The molecule has 10 heteroatoms. The predicted octanol–water partition coefficient (Wildman–Crippen LogP) is 0.165. The monoisotopic (exact) mass is 350 g/mol. The van der Waals surface area contributed by atoms with Crippen LogP contribution in [0.15, 0.2) is 34.7 Å². The molecule has 8 nitrogen and oxygen atoms in total. The van der Waals surface area contributed by atoms with Crippen molar-refractivity contribution in [1.82, 2.24) is 20.6 Å². The number of amides is 2. The van der Waals surface area contributed by atoms with Gasteiger partial charge in [0.05, 0.1) is 5.56 Å². The average molecular weight is 350 g/mol. The molecule has 1 aromatic rings. The van der Waals surface area contributed by atoms with Crippen molar-refractivity contribution < 1.29 is 14.7 Å². The van der Waals surface area contributed by atoms with Crippen LogP contribution in [0.25, 0.3) is 6.08 Å². The van der Waals surface area contributed by atoms with E-state index in [1.54, 1.807) is 0 Å². The zero-order chi connectivity index (χ0) is 17.0. The Morgan fingerprint density at radius 2 is 1.57 bits per heavy atom. The number of aromatic amines is 2. The van der Waals surface area contributed by atoms with E-state index in [0.29, 0.717) is 0 Å². The highest BCUT2D eigenvalue weighted by Gasteiger charge is 2.24. The number of carbonyl (C=O) groups excluding carboxylic acids is 2. The van der Waals surface area contributed by atoms with Gasteiger partial charge in [0.2, 0.25) is 5.88 Å². The standard InChI is InChI=1S/C13H10N4O4S2/c18-8-6(9(19)15-12(22)14-8)4-2-1-3-5-7-10(20)16-13(23)17-11(7)21/h1-5H,(H2,14,15,18,19,22)(H3,16,17,20,21,23). The summed E-state index contributed by atoms with van der Waals surface area (Å²) in [6, 6.07) is 0. The third-order valence-electron chi connectivity index (χ3n) is 2.65. The number of hydrogen-bond donors (Lipinski definition) is 5. The minimum Gasteiger partial charge on any atom is -0.494 e. The second-order valence-electron chi connectivity index (χ2n) is 4.23. The maximum atomic E-state index is 11.6. The molecule has 0 unspecified atom stereocenters. The van der Waals surface area contributed by atoms with Gasteiger partial charge in [0, 0.05) is 0 Å². The van der Waals surface area contributed by atoms with E-state index in [0.717, 1.165) is 0 Å². The van der Waals surface area contributed by atoms with Crippen LogP contribution in [-0.4, -0.2) is 32.0 Å². The summed E-state index contributed by atoms with van der Waals surface area (Å²) >= 11 is 9.37. The third kappa shape index (κ3) is 4.08. The Hall–Kier alpha value is -2.85. The molecule has 2 amide bonds. The number of aromatic nitrogens is 2. The molecular formula is C13H10N4O4S2. The fourth-order valence-corrected chi connectivity index (χ4v) is 2.01. The van der Waals surface area contributed by atoms with E-state index in [1.165, 1.54) is 30.4 Å². The molecule has 1 aliphatic heterocycles. The zero-order valence-electron chi connectivity index (χ0n) is 11.4. The Bertz CT molecular complexity index is 870. The van der Waals surface area contributed by atoms with Gasteiger partial charge < -0.3 is 10.1 Å². The Kier molecular flexibility index (Phi) is 4.98.